The third-order valence-electron chi connectivity index (χ3n) is 8.40. The lowest BCUT2D eigenvalue weighted by Crippen LogP contribution is -2.61. The highest BCUT2D eigenvalue weighted by molar-refractivity contribution is 5.94. The molecule has 3 aliphatic heterocycles. The molecule has 0 spiro atoms. The molecule has 4 aromatic rings. The van der Waals surface area contributed by atoms with Crippen LogP contribution in [-0.4, -0.2) is 76.9 Å². The van der Waals surface area contributed by atoms with Gasteiger partial charge in [-0.3, -0.25) is 9.36 Å². The number of phenols is 1. The van der Waals surface area contributed by atoms with Gasteiger partial charge in [-0.25, -0.2) is 8.78 Å². The van der Waals surface area contributed by atoms with E-state index < -0.39 is 29.2 Å². The van der Waals surface area contributed by atoms with Crippen molar-refractivity contribution in [2.45, 2.75) is 37.8 Å². The maximum Gasteiger partial charge on any atom is 0.319 e. The fourth-order valence-electron chi connectivity index (χ4n) is 6.26. The number of pyridine rings is 1. The summed E-state index contributed by atoms with van der Waals surface area (Å²) >= 11 is 0. The molecule has 0 amide bonds. The van der Waals surface area contributed by atoms with Gasteiger partial charge in [0.15, 0.2) is 11.6 Å². The van der Waals surface area contributed by atoms with Gasteiger partial charge in [0.25, 0.3) is 5.56 Å². The van der Waals surface area contributed by atoms with E-state index in [-0.39, 0.29) is 45.8 Å². The van der Waals surface area contributed by atoms with Crippen LogP contribution in [0.1, 0.15) is 28.4 Å². The number of piperazine rings is 1. The van der Waals surface area contributed by atoms with Crippen LogP contribution >= 0.6 is 0 Å². The number of aromatic nitrogens is 3. The Morgan fingerprint density at radius 2 is 2.05 bits per heavy atom. The van der Waals surface area contributed by atoms with Crippen molar-refractivity contribution < 1.29 is 21.4 Å². The molecule has 4 fully saturated rings. The van der Waals surface area contributed by atoms with Crippen molar-refractivity contribution in [2.24, 2.45) is 5.41 Å². The van der Waals surface area contributed by atoms with E-state index in [0.29, 0.717) is 37.1 Å². The number of nitrogens with one attached hydrogen (secondary N) is 1. The quantitative estimate of drug-likeness (QED) is 0.352. The molecule has 8 rings (SSSR count). The van der Waals surface area contributed by atoms with E-state index in [1.165, 1.54) is 24.4 Å². The average Bonchev–Trinajstić information content (AvgIpc) is 3.76. The standard InChI is InChI=1S/C30H32F2N6O3/c1-36(2)15-30(8-9-30)16-41-29-34-26-21(27(35-29)38-14-18-4-5-19(38)13-33-18)7-10-37(28(26)40)23-12-20(39)11-17-3-6-22(31)25(32)24(17)23/h3,6-7,10-12,18-19,33,39H,4-5,8-9,13-16H2,1-2H3/i16D2. The summed E-state index contributed by atoms with van der Waals surface area (Å²) in [5, 5.41) is 14.4. The summed E-state index contributed by atoms with van der Waals surface area (Å²) < 4.78 is 54.1. The minimum atomic E-state index is -2.11. The number of halogens is 2. The zero-order valence-corrected chi connectivity index (χ0v) is 22.8. The van der Waals surface area contributed by atoms with Gasteiger partial charge in [0.05, 0.1) is 20.4 Å². The molecule has 214 valence electrons. The number of aromatic hydroxyl groups is 1. The first kappa shape index (κ1) is 23.8. The van der Waals surface area contributed by atoms with Crippen molar-refractivity contribution in [1.29, 1.82) is 0 Å². The van der Waals surface area contributed by atoms with Gasteiger partial charge in [-0.2, -0.15) is 9.97 Å². The molecule has 0 radical (unpaired) electrons. The number of piperidine rings is 2. The fraction of sp³-hybridized carbons (Fsp3) is 0.433. The van der Waals surface area contributed by atoms with Gasteiger partial charge in [-0.15, -0.1) is 0 Å². The zero-order valence-electron chi connectivity index (χ0n) is 24.8. The molecule has 9 nitrogen and oxygen atoms in total. The minimum Gasteiger partial charge on any atom is -0.508 e. The smallest absolute Gasteiger partial charge is 0.319 e. The Bertz CT molecular complexity index is 1820. The van der Waals surface area contributed by atoms with Gasteiger partial charge in [0.1, 0.15) is 17.1 Å². The molecular formula is C30H32F2N6O3. The van der Waals surface area contributed by atoms with Crippen LogP contribution in [0.3, 0.4) is 0 Å². The second-order valence-electron chi connectivity index (χ2n) is 11.7. The summed E-state index contributed by atoms with van der Waals surface area (Å²) in [4.78, 5) is 27.3. The Morgan fingerprint density at radius 3 is 2.73 bits per heavy atom. The molecule has 2 bridgehead atoms. The van der Waals surface area contributed by atoms with E-state index in [0.717, 1.165) is 30.0 Å². The first-order valence-corrected chi connectivity index (χ1v) is 13.8. The maximum atomic E-state index is 15.1. The lowest BCUT2D eigenvalue weighted by atomic mass is 9.93. The summed E-state index contributed by atoms with van der Waals surface area (Å²) in [5.41, 5.74) is -1.52. The summed E-state index contributed by atoms with van der Waals surface area (Å²) in [6.07, 6.45) is 4.66. The third-order valence-corrected chi connectivity index (χ3v) is 8.40. The summed E-state index contributed by atoms with van der Waals surface area (Å²) in [7, 11) is 3.75. The number of fused-ring (bicyclic) bond motifs is 5. The molecule has 1 aliphatic carbocycles. The topological polar surface area (TPSA) is 95.8 Å². The van der Waals surface area contributed by atoms with Crippen LogP contribution in [0.2, 0.25) is 0 Å². The van der Waals surface area contributed by atoms with Crippen molar-refractivity contribution in [3.8, 4) is 17.4 Å². The molecule has 2 aromatic heterocycles. The molecule has 2 aromatic carbocycles. The number of anilines is 1. The molecule has 3 saturated heterocycles. The van der Waals surface area contributed by atoms with E-state index in [9.17, 15) is 14.3 Å². The number of nitrogens with zero attached hydrogens (tertiary/aromatic N) is 5. The Morgan fingerprint density at radius 1 is 1.22 bits per heavy atom. The van der Waals surface area contributed by atoms with Gasteiger partial charge < -0.3 is 25.0 Å². The normalized spacial score (nSPS) is 22.3. The molecule has 2 unspecified atom stereocenters. The highest BCUT2D eigenvalue weighted by atomic mass is 19.2. The Hall–Kier alpha value is -3.83. The van der Waals surface area contributed by atoms with Crippen LogP contribution < -0.4 is 20.5 Å². The highest BCUT2D eigenvalue weighted by Gasteiger charge is 2.44. The van der Waals surface area contributed by atoms with Crippen molar-refractivity contribution in [3.05, 3.63) is 58.5 Å². The number of rotatable bonds is 7. The van der Waals surface area contributed by atoms with Crippen LogP contribution in [0.25, 0.3) is 27.4 Å². The predicted octanol–water partition coefficient (Wildman–Crippen LogP) is 3.58. The van der Waals surface area contributed by atoms with Gasteiger partial charge in [0.2, 0.25) is 0 Å². The zero-order chi connectivity index (χ0) is 30.3. The molecule has 2 N–H and O–H groups in total. The SMILES string of the molecule is [2H]C([2H])(Oc1nc(N2CC3CCC2CN3)c2ccn(-c3cc(O)cc4ccc(F)c(F)c34)c(=O)c2n1)C1(CN(C)C)CC1. The average molecular weight is 565 g/mol. The maximum absolute atomic E-state index is 15.1. The fourth-order valence-corrected chi connectivity index (χ4v) is 6.26. The van der Waals surface area contributed by atoms with Crippen LogP contribution in [0.15, 0.2) is 41.3 Å². The largest absolute Gasteiger partial charge is 0.508 e. The van der Waals surface area contributed by atoms with E-state index in [1.807, 2.05) is 19.0 Å². The molecule has 11 heteroatoms. The van der Waals surface area contributed by atoms with E-state index >= 15 is 4.39 Å². The Kier molecular flexibility index (Phi) is 5.60. The van der Waals surface area contributed by atoms with Crippen molar-refractivity contribution in [2.75, 3.05) is 45.2 Å². The Labute approximate surface area is 238 Å². The van der Waals surface area contributed by atoms with E-state index in [4.69, 9.17) is 12.5 Å². The summed E-state index contributed by atoms with van der Waals surface area (Å²) in [6.45, 7) is -0.239. The number of phenolic OH excluding ortho intramolecular Hbond substituents is 1. The Balaban J connectivity index is 1.42. The molecular weight excluding hydrogens is 530 g/mol. The first-order valence-electron chi connectivity index (χ1n) is 14.8. The number of benzene rings is 2. The van der Waals surface area contributed by atoms with E-state index in [1.54, 1.807) is 6.07 Å². The second kappa shape index (κ2) is 9.63. The van der Waals surface area contributed by atoms with Gasteiger partial charge in [-0.1, -0.05) is 6.07 Å². The van der Waals surface area contributed by atoms with Crippen LogP contribution in [0, 0.1) is 17.0 Å². The summed E-state index contributed by atoms with van der Waals surface area (Å²) in [5.74, 6) is -2.00. The van der Waals surface area contributed by atoms with Gasteiger partial charge >= 0.3 is 6.01 Å². The number of hydrogen-bond acceptors (Lipinski definition) is 8. The molecule has 1 saturated carbocycles. The monoisotopic (exact) mass is 564 g/mol. The number of hydrogen-bond donors (Lipinski definition) is 2. The van der Waals surface area contributed by atoms with Crippen LogP contribution in [0.4, 0.5) is 14.6 Å². The van der Waals surface area contributed by atoms with Gasteiger partial charge in [0, 0.05) is 54.8 Å². The molecule has 5 heterocycles. The highest BCUT2D eigenvalue weighted by Crippen LogP contribution is 2.46. The van der Waals surface area contributed by atoms with Crippen molar-refractivity contribution in [3.63, 3.8) is 0 Å². The number of ether oxygens (including phenoxy) is 1. The molecule has 4 aliphatic rings. The van der Waals surface area contributed by atoms with Crippen LogP contribution in [0.5, 0.6) is 11.8 Å². The lowest BCUT2D eigenvalue weighted by Gasteiger charge is -2.46. The van der Waals surface area contributed by atoms with Crippen molar-refractivity contribution >= 4 is 27.5 Å². The first-order chi connectivity index (χ1) is 20.5. The molecule has 41 heavy (non-hydrogen) atoms. The van der Waals surface area contributed by atoms with Gasteiger partial charge in [-0.05, 0) is 63.4 Å². The summed E-state index contributed by atoms with van der Waals surface area (Å²) in [6, 6.07) is 6.53. The minimum absolute atomic E-state index is 0.0546. The van der Waals surface area contributed by atoms with Crippen molar-refractivity contribution in [1.82, 2.24) is 24.8 Å². The molecule has 2 atom stereocenters. The predicted molar refractivity (Wildman–Crippen MR) is 152 cm³/mol. The van der Waals surface area contributed by atoms with Crippen LogP contribution in [-0.2, 0) is 0 Å². The second-order valence-corrected chi connectivity index (χ2v) is 11.7. The van der Waals surface area contributed by atoms with E-state index in [2.05, 4.69) is 15.2 Å². The third kappa shape index (κ3) is 4.57. The lowest BCUT2D eigenvalue weighted by molar-refractivity contribution is 0.183.